The van der Waals surface area contributed by atoms with Crippen LogP contribution >= 0.6 is 48.0 Å². The van der Waals surface area contributed by atoms with Crippen molar-refractivity contribution in [3.63, 3.8) is 0 Å². The lowest BCUT2D eigenvalue weighted by Gasteiger charge is -2.35. The van der Waals surface area contributed by atoms with Crippen LogP contribution in [-0.2, 0) is 19.2 Å². The summed E-state index contributed by atoms with van der Waals surface area (Å²) in [6.07, 6.45) is 6.71. The van der Waals surface area contributed by atoms with Gasteiger partial charge < -0.3 is 19.1 Å². The molecule has 43 heavy (non-hydrogen) atoms. The lowest BCUT2D eigenvalue weighted by Crippen LogP contribution is -2.50. The normalized spacial score (nSPS) is 19.9. The van der Waals surface area contributed by atoms with E-state index in [1.54, 1.807) is 41.3 Å². The molecule has 4 amide bonds. The highest BCUT2D eigenvalue weighted by Crippen LogP contribution is 2.33. The van der Waals surface area contributed by atoms with Crippen LogP contribution < -0.4 is 5.32 Å². The zero-order chi connectivity index (χ0) is 30.3. The molecule has 2 aromatic heterocycles. The van der Waals surface area contributed by atoms with E-state index in [-0.39, 0.29) is 49.6 Å². The summed E-state index contributed by atoms with van der Waals surface area (Å²) >= 11 is 13.1. The molecule has 3 aliphatic rings. The maximum atomic E-state index is 12.8. The topological polar surface area (TPSA) is 120 Å². The van der Waals surface area contributed by atoms with Crippen molar-refractivity contribution in [2.45, 2.75) is 12.8 Å². The number of rotatable bonds is 11. The van der Waals surface area contributed by atoms with Crippen molar-refractivity contribution in [2.75, 3.05) is 52.4 Å². The second-order valence-electron chi connectivity index (χ2n) is 9.77. The van der Waals surface area contributed by atoms with Crippen LogP contribution in [0.3, 0.4) is 0 Å². The van der Waals surface area contributed by atoms with Crippen molar-refractivity contribution in [3.8, 4) is 0 Å². The maximum absolute atomic E-state index is 12.8. The standard InChI is InChI=1S/C28H29N5O6S4/c34-23(5-8-32-25(36)21(42-27(32)40)17-19-3-1-15-38-19)29-7-10-30-11-13-31(14-12-30)24(35)6-9-33-26(37)22(43-28(33)41)18-20-4-2-16-39-20/h1-4,15-18H,5-14H2,(H,29,34). The first-order valence-electron chi connectivity index (χ1n) is 13.6. The van der Waals surface area contributed by atoms with Crippen molar-refractivity contribution >= 4 is 92.4 Å². The molecular weight excluding hydrogens is 631 g/mol. The third-order valence-electron chi connectivity index (χ3n) is 6.97. The summed E-state index contributed by atoms with van der Waals surface area (Å²) in [6.45, 7) is 4.08. The number of thioether (sulfide) groups is 2. The highest BCUT2D eigenvalue weighted by molar-refractivity contribution is 8.27. The van der Waals surface area contributed by atoms with Gasteiger partial charge in [-0.3, -0.25) is 33.9 Å². The summed E-state index contributed by atoms with van der Waals surface area (Å²) in [5, 5.41) is 2.90. The Morgan fingerprint density at radius 1 is 0.814 bits per heavy atom. The van der Waals surface area contributed by atoms with Crippen LogP contribution in [-0.4, -0.2) is 104 Å². The summed E-state index contributed by atoms with van der Waals surface area (Å²) in [6, 6.07) is 7.00. The number of amides is 4. The molecule has 2 aromatic rings. The Kier molecular flexibility index (Phi) is 10.5. The molecule has 1 N–H and O–H groups in total. The van der Waals surface area contributed by atoms with Gasteiger partial charge >= 0.3 is 0 Å². The second kappa shape index (κ2) is 14.5. The van der Waals surface area contributed by atoms with Crippen LogP contribution in [0.5, 0.6) is 0 Å². The molecule has 0 saturated carbocycles. The third-order valence-corrected chi connectivity index (χ3v) is 9.72. The van der Waals surface area contributed by atoms with Crippen molar-refractivity contribution in [2.24, 2.45) is 0 Å². The molecule has 0 aromatic carbocycles. The van der Waals surface area contributed by atoms with Crippen LogP contribution in [0.2, 0.25) is 0 Å². The minimum atomic E-state index is -0.230. The van der Waals surface area contributed by atoms with Gasteiger partial charge in [0.25, 0.3) is 11.8 Å². The van der Waals surface area contributed by atoms with Gasteiger partial charge in [0.05, 0.1) is 22.3 Å². The average Bonchev–Trinajstić information content (AvgIpc) is 3.79. The molecule has 11 nitrogen and oxygen atoms in total. The zero-order valence-electron chi connectivity index (χ0n) is 23.1. The van der Waals surface area contributed by atoms with E-state index in [1.807, 2.05) is 0 Å². The molecule has 0 bridgehead atoms. The number of furan rings is 2. The molecule has 0 atom stereocenters. The first-order valence-corrected chi connectivity index (χ1v) is 16.1. The van der Waals surface area contributed by atoms with E-state index in [9.17, 15) is 19.2 Å². The van der Waals surface area contributed by atoms with Crippen molar-refractivity contribution < 1.29 is 28.0 Å². The Morgan fingerprint density at radius 3 is 1.86 bits per heavy atom. The first-order chi connectivity index (χ1) is 20.8. The molecular formula is C28H29N5O6S4. The highest BCUT2D eigenvalue weighted by atomic mass is 32.2. The number of hydrogen-bond donors (Lipinski definition) is 1. The summed E-state index contributed by atoms with van der Waals surface area (Å²) in [7, 11) is 0. The van der Waals surface area contributed by atoms with Crippen molar-refractivity contribution in [1.82, 2.24) is 24.9 Å². The number of carbonyl (C=O) groups excluding carboxylic acids is 4. The van der Waals surface area contributed by atoms with Gasteiger partial charge in [0.15, 0.2) is 0 Å². The molecule has 15 heteroatoms. The summed E-state index contributed by atoms with van der Waals surface area (Å²) < 4.78 is 11.4. The van der Waals surface area contributed by atoms with E-state index in [4.69, 9.17) is 33.3 Å². The molecule has 0 aliphatic carbocycles. The van der Waals surface area contributed by atoms with Crippen molar-refractivity contribution in [1.29, 1.82) is 0 Å². The first kappa shape index (κ1) is 31.2. The summed E-state index contributed by atoms with van der Waals surface area (Å²) in [4.78, 5) is 58.5. The SMILES string of the molecule is O=C(CCN1C(=O)C(=Cc2ccco2)SC1=S)NCCN1CCN(C(=O)CCN2C(=O)C(=Cc3ccco3)SC2=S)CC1. The van der Waals surface area contributed by atoms with E-state index in [0.29, 0.717) is 69.2 Å². The lowest BCUT2D eigenvalue weighted by molar-refractivity contribution is -0.133. The van der Waals surface area contributed by atoms with Crippen LogP contribution in [0.1, 0.15) is 24.4 Å². The highest BCUT2D eigenvalue weighted by Gasteiger charge is 2.34. The van der Waals surface area contributed by atoms with Crippen LogP contribution in [0.15, 0.2) is 55.4 Å². The largest absolute Gasteiger partial charge is 0.465 e. The maximum Gasteiger partial charge on any atom is 0.266 e. The van der Waals surface area contributed by atoms with Gasteiger partial charge in [0.2, 0.25) is 11.8 Å². The van der Waals surface area contributed by atoms with Gasteiger partial charge in [-0.15, -0.1) is 0 Å². The smallest absolute Gasteiger partial charge is 0.266 e. The number of carbonyl (C=O) groups is 4. The predicted molar refractivity (Wildman–Crippen MR) is 172 cm³/mol. The Balaban J connectivity index is 0.966. The molecule has 0 spiro atoms. The van der Waals surface area contributed by atoms with Gasteiger partial charge in [-0.1, -0.05) is 48.0 Å². The molecule has 5 rings (SSSR count). The number of thiocarbonyl (C=S) groups is 2. The third kappa shape index (κ3) is 8.03. The fourth-order valence-corrected chi connectivity index (χ4v) is 7.21. The molecule has 5 heterocycles. The lowest BCUT2D eigenvalue weighted by atomic mass is 10.2. The quantitative estimate of drug-likeness (QED) is 0.283. The van der Waals surface area contributed by atoms with E-state index in [2.05, 4.69) is 10.2 Å². The zero-order valence-corrected chi connectivity index (χ0v) is 26.3. The minimum Gasteiger partial charge on any atom is -0.465 e. The van der Waals surface area contributed by atoms with E-state index < -0.39 is 0 Å². The fraction of sp³-hybridized carbons (Fsp3) is 0.357. The Labute approximate surface area is 267 Å². The number of nitrogens with zero attached hydrogens (tertiary/aromatic N) is 4. The number of piperazine rings is 1. The van der Waals surface area contributed by atoms with Gasteiger partial charge in [-0.05, 0) is 24.3 Å². The molecule has 226 valence electrons. The van der Waals surface area contributed by atoms with Gasteiger partial charge in [0.1, 0.15) is 20.2 Å². The number of nitrogens with one attached hydrogen (secondary N) is 1. The second-order valence-corrected chi connectivity index (χ2v) is 13.1. The molecule has 3 fully saturated rings. The van der Waals surface area contributed by atoms with E-state index in [0.717, 1.165) is 0 Å². The van der Waals surface area contributed by atoms with Gasteiger partial charge in [-0.2, -0.15) is 0 Å². The fourth-order valence-electron chi connectivity index (χ4n) is 4.63. The average molecular weight is 660 g/mol. The number of hydrogen-bond acceptors (Lipinski definition) is 11. The van der Waals surface area contributed by atoms with E-state index in [1.165, 1.54) is 45.8 Å². The van der Waals surface area contributed by atoms with Crippen LogP contribution in [0, 0.1) is 0 Å². The Morgan fingerprint density at radius 2 is 1.35 bits per heavy atom. The van der Waals surface area contributed by atoms with Crippen molar-refractivity contribution in [3.05, 3.63) is 58.1 Å². The van der Waals surface area contributed by atoms with Crippen LogP contribution in [0.25, 0.3) is 12.2 Å². The monoisotopic (exact) mass is 659 g/mol. The predicted octanol–water partition coefficient (Wildman–Crippen LogP) is 3.02. The minimum absolute atomic E-state index is 0.0216. The molecule has 0 radical (unpaired) electrons. The Bertz CT molecular complexity index is 1440. The Hall–Kier alpha value is -3.24. The molecule has 3 saturated heterocycles. The molecule has 0 unspecified atom stereocenters. The summed E-state index contributed by atoms with van der Waals surface area (Å²) in [5.41, 5.74) is 0. The van der Waals surface area contributed by atoms with Crippen LogP contribution in [0.4, 0.5) is 0 Å². The van der Waals surface area contributed by atoms with Gasteiger partial charge in [-0.25, -0.2) is 0 Å². The van der Waals surface area contributed by atoms with E-state index >= 15 is 0 Å². The summed E-state index contributed by atoms with van der Waals surface area (Å²) in [5.74, 6) is 0.516. The van der Waals surface area contributed by atoms with Gasteiger partial charge in [0, 0.05) is 77.4 Å². The molecule has 3 aliphatic heterocycles.